The van der Waals surface area contributed by atoms with Gasteiger partial charge < -0.3 is 9.67 Å². The Kier molecular flexibility index (Phi) is 4.25. The molecule has 1 aromatic carbocycles. The van der Waals surface area contributed by atoms with Gasteiger partial charge in [-0.2, -0.15) is 11.8 Å². The summed E-state index contributed by atoms with van der Waals surface area (Å²) in [5, 5.41) is 8.91. The van der Waals surface area contributed by atoms with E-state index in [9.17, 15) is 4.79 Å². The van der Waals surface area contributed by atoms with E-state index in [0.29, 0.717) is 0 Å². The zero-order valence-corrected chi connectivity index (χ0v) is 11.1. The van der Waals surface area contributed by atoms with Gasteiger partial charge in [0.05, 0.1) is 22.9 Å². The molecule has 0 radical (unpaired) electrons. The minimum Gasteiger partial charge on any atom is -0.478 e. The molecule has 1 N–H and O–H groups in total. The van der Waals surface area contributed by atoms with Gasteiger partial charge in [-0.15, -0.1) is 0 Å². The van der Waals surface area contributed by atoms with Crippen LogP contribution in [0.5, 0.6) is 0 Å². The van der Waals surface area contributed by atoms with Gasteiger partial charge in [-0.25, -0.2) is 9.78 Å². The highest BCUT2D eigenvalue weighted by Gasteiger charge is 2.07. The number of imidazole rings is 1. The predicted octanol–water partition coefficient (Wildman–Crippen LogP) is 2.88. The minimum absolute atomic E-state index is 0.287. The Labute approximate surface area is 110 Å². The third kappa shape index (κ3) is 2.85. The van der Waals surface area contributed by atoms with Crippen molar-refractivity contribution in [1.82, 2.24) is 9.55 Å². The number of thioether (sulfide) groups is 1. The average molecular weight is 264 g/mol. The fourth-order valence-electron chi connectivity index (χ4n) is 1.90. The zero-order valence-electron chi connectivity index (χ0n) is 10.3. The first-order valence-electron chi connectivity index (χ1n) is 5.89. The average Bonchev–Trinajstić information content (AvgIpc) is 2.77. The van der Waals surface area contributed by atoms with E-state index in [1.54, 1.807) is 18.5 Å². The van der Waals surface area contributed by atoms with Gasteiger partial charge in [0.25, 0.3) is 0 Å². The molecule has 0 atom stereocenters. The summed E-state index contributed by atoms with van der Waals surface area (Å²) in [6, 6.07) is 5.08. The Morgan fingerprint density at radius 3 is 3.00 bits per heavy atom. The predicted molar refractivity (Wildman–Crippen MR) is 74.3 cm³/mol. The lowest BCUT2D eigenvalue weighted by Crippen LogP contribution is -1.98. The largest absolute Gasteiger partial charge is 0.478 e. The third-order valence-corrected chi connectivity index (χ3v) is 3.56. The van der Waals surface area contributed by atoms with E-state index in [4.69, 9.17) is 5.11 Å². The van der Waals surface area contributed by atoms with Crippen molar-refractivity contribution < 1.29 is 9.90 Å². The molecule has 0 aliphatic rings. The molecule has 1 aromatic heterocycles. The maximum Gasteiger partial charge on any atom is 0.335 e. The summed E-state index contributed by atoms with van der Waals surface area (Å²) in [6.45, 7) is 0.934. The first kappa shape index (κ1) is 13.0. The molecule has 18 heavy (non-hydrogen) atoms. The molecule has 0 bridgehead atoms. The summed E-state index contributed by atoms with van der Waals surface area (Å²) in [5.41, 5.74) is 2.04. The van der Waals surface area contributed by atoms with Crippen molar-refractivity contribution in [2.75, 3.05) is 12.0 Å². The topological polar surface area (TPSA) is 55.1 Å². The highest BCUT2D eigenvalue weighted by atomic mass is 32.2. The van der Waals surface area contributed by atoms with Crippen LogP contribution in [0.3, 0.4) is 0 Å². The fourth-order valence-corrected chi connectivity index (χ4v) is 2.40. The second-order valence-electron chi connectivity index (χ2n) is 4.15. The lowest BCUT2D eigenvalue weighted by Gasteiger charge is -2.03. The number of benzene rings is 1. The van der Waals surface area contributed by atoms with E-state index < -0.39 is 5.97 Å². The molecule has 2 rings (SSSR count). The van der Waals surface area contributed by atoms with Gasteiger partial charge in [-0.05, 0) is 43.0 Å². The Morgan fingerprint density at radius 2 is 2.28 bits per heavy atom. The molecule has 0 amide bonds. The molecular formula is C13H16N2O2S. The number of carboxylic acid groups (broad SMARTS) is 1. The normalized spacial score (nSPS) is 10.9. The van der Waals surface area contributed by atoms with Gasteiger partial charge in [0.15, 0.2) is 0 Å². The smallest absolute Gasteiger partial charge is 0.335 e. The molecule has 0 saturated heterocycles. The van der Waals surface area contributed by atoms with Crippen LogP contribution >= 0.6 is 11.8 Å². The second-order valence-corrected chi connectivity index (χ2v) is 5.13. The molecule has 0 spiro atoms. The van der Waals surface area contributed by atoms with Crippen LogP contribution in [-0.4, -0.2) is 32.6 Å². The Bertz CT molecular complexity index is 551. The molecule has 0 aliphatic carbocycles. The van der Waals surface area contributed by atoms with E-state index in [-0.39, 0.29) is 5.56 Å². The lowest BCUT2D eigenvalue weighted by atomic mass is 10.2. The molecule has 0 saturated carbocycles. The van der Waals surface area contributed by atoms with Crippen LogP contribution in [-0.2, 0) is 6.54 Å². The summed E-state index contributed by atoms with van der Waals surface area (Å²) in [5.74, 6) is 0.266. The summed E-state index contributed by atoms with van der Waals surface area (Å²) in [4.78, 5) is 15.1. The maximum atomic E-state index is 10.9. The molecular weight excluding hydrogens is 248 g/mol. The fraction of sp³-hybridized carbons (Fsp3) is 0.385. The quantitative estimate of drug-likeness (QED) is 0.815. The molecule has 0 aliphatic heterocycles. The van der Waals surface area contributed by atoms with E-state index >= 15 is 0 Å². The summed E-state index contributed by atoms with van der Waals surface area (Å²) in [7, 11) is 0. The highest BCUT2D eigenvalue weighted by Crippen LogP contribution is 2.16. The number of nitrogens with zero attached hydrogens (tertiary/aromatic N) is 2. The van der Waals surface area contributed by atoms with Crippen molar-refractivity contribution in [2.24, 2.45) is 0 Å². The van der Waals surface area contributed by atoms with Gasteiger partial charge in [-0.1, -0.05) is 0 Å². The second kappa shape index (κ2) is 5.91. The van der Waals surface area contributed by atoms with Crippen molar-refractivity contribution in [3.8, 4) is 0 Å². The lowest BCUT2D eigenvalue weighted by molar-refractivity contribution is 0.0697. The van der Waals surface area contributed by atoms with Gasteiger partial charge in [0, 0.05) is 6.54 Å². The summed E-state index contributed by atoms with van der Waals surface area (Å²) < 4.78 is 2.08. The molecule has 1 heterocycles. The monoisotopic (exact) mass is 264 g/mol. The van der Waals surface area contributed by atoms with Crippen molar-refractivity contribution in [2.45, 2.75) is 19.4 Å². The standard InChI is InChI=1S/C13H16N2O2S/c1-18-7-3-2-6-15-9-14-11-8-10(13(16)17)4-5-12(11)15/h4-5,8-9H,2-3,6-7H2,1H3,(H,16,17). The van der Waals surface area contributed by atoms with Crippen LogP contribution in [0.25, 0.3) is 11.0 Å². The number of aromatic nitrogens is 2. The molecule has 96 valence electrons. The van der Waals surface area contributed by atoms with Gasteiger partial charge >= 0.3 is 5.97 Å². The van der Waals surface area contributed by atoms with Gasteiger partial charge in [0.1, 0.15) is 0 Å². The number of hydrogen-bond acceptors (Lipinski definition) is 3. The van der Waals surface area contributed by atoms with Crippen molar-refractivity contribution in [3.63, 3.8) is 0 Å². The number of fused-ring (bicyclic) bond motifs is 1. The van der Waals surface area contributed by atoms with Crippen LogP contribution in [0.2, 0.25) is 0 Å². The van der Waals surface area contributed by atoms with Crippen molar-refractivity contribution in [3.05, 3.63) is 30.1 Å². The molecule has 5 heteroatoms. The van der Waals surface area contributed by atoms with Gasteiger partial charge in [-0.3, -0.25) is 0 Å². The van der Waals surface area contributed by atoms with E-state index in [0.717, 1.165) is 24.0 Å². The minimum atomic E-state index is -0.911. The zero-order chi connectivity index (χ0) is 13.0. The Hall–Kier alpha value is -1.49. The van der Waals surface area contributed by atoms with Gasteiger partial charge in [0.2, 0.25) is 0 Å². The number of hydrogen-bond donors (Lipinski definition) is 1. The molecule has 0 unspecified atom stereocenters. The molecule has 2 aromatic rings. The van der Waals surface area contributed by atoms with Crippen molar-refractivity contribution in [1.29, 1.82) is 0 Å². The van der Waals surface area contributed by atoms with Crippen LogP contribution in [0.15, 0.2) is 24.5 Å². The first-order valence-corrected chi connectivity index (χ1v) is 7.29. The van der Waals surface area contributed by atoms with Crippen molar-refractivity contribution >= 4 is 28.8 Å². The number of carbonyl (C=O) groups is 1. The SMILES string of the molecule is CSCCCCn1cnc2cc(C(=O)O)ccc21. The van der Waals surface area contributed by atoms with E-state index in [1.807, 2.05) is 17.8 Å². The Balaban J connectivity index is 2.13. The maximum absolute atomic E-state index is 10.9. The first-order chi connectivity index (χ1) is 8.72. The third-order valence-electron chi connectivity index (χ3n) is 2.87. The van der Waals surface area contributed by atoms with Crippen LogP contribution < -0.4 is 0 Å². The van der Waals surface area contributed by atoms with Crippen LogP contribution in [0, 0.1) is 0 Å². The summed E-state index contributed by atoms with van der Waals surface area (Å²) >= 11 is 1.86. The number of carboxylic acids is 1. The highest BCUT2D eigenvalue weighted by molar-refractivity contribution is 7.98. The van der Waals surface area contributed by atoms with E-state index in [1.165, 1.54) is 12.2 Å². The number of aryl methyl sites for hydroxylation is 1. The number of unbranched alkanes of at least 4 members (excludes halogenated alkanes) is 1. The number of aromatic carboxylic acids is 1. The Morgan fingerprint density at radius 1 is 1.44 bits per heavy atom. The van der Waals surface area contributed by atoms with E-state index in [2.05, 4.69) is 15.8 Å². The molecule has 0 fully saturated rings. The molecule has 4 nitrogen and oxygen atoms in total. The van der Waals surface area contributed by atoms with Crippen LogP contribution in [0.1, 0.15) is 23.2 Å². The number of rotatable bonds is 6. The summed E-state index contributed by atoms with van der Waals surface area (Å²) in [6.07, 6.45) is 6.20. The van der Waals surface area contributed by atoms with Crippen LogP contribution in [0.4, 0.5) is 0 Å².